The summed E-state index contributed by atoms with van der Waals surface area (Å²) in [5, 5.41) is 2.85. The molecule has 0 aromatic heterocycles. The van der Waals surface area contributed by atoms with Gasteiger partial charge in [-0.05, 0) is 18.4 Å². The second kappa shape index (κ2) is 12.3. The molecular formula is C16H21N3O2S. The Hall–Kier alpha value is -2.47. The molecule has 22 heavy (non-hydrogen) atoms. The quantitative estimate of drug-likeness (QED) is 0.421. The molecule has 0 bridgehead atoms. The lowest BCUT2D eigenvalue weighted by molar-refractivity contribution is -0.122. The predicted octanol–water partition coefficient (Wildman–Crippen LogP) is 1.78. The molecule has 2 amide bonds. The summed E-state index contributed by atoms with van der Waals surface area (Å²) in [6.45, 7) is 0. The van der Waals surface area contributed by atoms with Crippen LogP contribution in [-0.2, 0) is 9.59 Å². The smallest absolute Gasteiger partial charge is 0.250 e. The van der Waals surface area contributed by atoms with Crippen molar-refractivity contribution < 1.29 is 9.59 Å². The van der Waals surface area contributed by atoms with Crippen molar-refractivity contribution in [2.45, 2.75) is 0 Å². The molecule has 0 aromatic rings. The number of allylic oxidation sites excluding steroid dienone is 6. The monoisotopic (exact) mass is 319 g/mol. The normalized spacial score (nSPS) is 12.0. The summed E-state index contributed by atoms with van der Waals surface area (Å²) >= 11 is 4.63. The zero-order valence-corrected chi connectivity index (χ0v) is 13.8. The summed E-state index contributed by atoms with van der Waals surface area (Å²) in [6, 6.07) is 0. The van der Waals surface area contributed by atoms with E-state index >= 15 is 0 Å². The van der Waals surface area contributed by atoms with Crippen LogP contribution >= 0.6 is 12.2 Å². The molecule has 0 heterocycles. The minimum atomic E-state index is -0.228. The van der Waals surface area contributed by atoms with Crippen LogP contribution in [0.5, 0.6) is 0 Å². The molecule has 0 aromatic carbocycles. The average molecular weight is 319 g/mol. The molecule has 0 aliphatic carbocycles. The fraction of sp³-hybridized carbons (Fsp3) is 0.188. The van der Waals surface area contributed by atoms with Crippen molar-refractivity contribution in [3.8, 4) is 0 Å². The number of hydrogen-bond acceptors (Lipinski definition) is 4. The van der Waals surface area contributed by atoms with Crippen LogP contribution in [0.3, 0.4) is 0 Å². The molecule has 0 spiro atoms. The molecule has 0 aliphatic rings. The van der Waals surface area contributed by atoms with Gasteiger partial charge < -0.3 is 15.1 Å². The molecule has 0 saturated carbocycles. The molecule has 5 nitrogen and oxygen atoms in total. The lowest BCUT2D eigenvalue weighted by Gasteiger charge is -2.07. The number of thiocarbonyl (C=S) groups is 1. The first kappa shape index (κ1) is 19.5. The maximum absolute atomic E-state index is 11.7. The Balaban J connectivity index is 4.32. The Morgan fingerprint density at radius 2 is 1.41 bits per heavy atom. The van der Waals surface area contributed by atoms with E-state index in [4.69, 9.17) is 0 Å². The first-order chi connectivity index (χ1) is 10.5. The second-order valence-electron chi connectivity index (χ2n) is 4.10. The van der Waals surface area contributed by atoms with Gasteiger partial charge in [0.2, 0.25) is 5.91 Å². The Bertz CT molecular complexity index is 519. The van der Waals surface area contributed by atoms with Crippen LogP contribution in [-0.4, -0.2) is 48.2 Å². The molecule has 6 heteroatoms. The van der Waals surface area contributed by atoms with E-state index in [0.717, 1.165) is 0 Å². The standard InChI is InChI=1S/C16H21N3O2S/c1-17-12-8-5-4-6-10-15(20)18(2)13-9-7-11-16(21)19(3)14-22/h4-14,17H,1-3H3/b5-4+,10-6+,11-7+,12-8+,13-9+. The number of hydrogen-bond donors (Lipinski definition) is 1. The van der Waals surface area contributed by atoms with Crippen molar-refractivity contribution in [2.75, 3.05) is 21.1 Å². The molecule has 0 unspecified atom stereocenters. The highest BCUT2D eigenvalue weighted by molar-refractivity contribution is 7.78. The fourth-order valence-electron chi connectivity index (χ4n) is 1.10. The number of nitrogens with one attached hydrogen (secondary N) is 1. The first-order valence-corrected chi connectivity index (χ1v) is 7.01. The Labute approximate surface area is 137 Å². The van der Waals surface area contributed by atoms with Gasteiger partial charge in [-0.15, -0.1) is 0 Å². The third-order valence-corrected chi connectivity index (χ3v) is 2.66. The van der Waals surface area contributed by atoms with Gasteiger partial charge in [-0.3, -0.25) is 9.59 Å². The van der Waals surface area contributed by atoms with E-state index in [1.165, 1.54) is 27.4 Å². The highest BCUT2D eigenvalue weighted by Crippen LogP contribution is 1.91. The van der Waals surface area contributed by atoms with Gasteiger partial charge in [0.1, 0.15) is 0 Å². The predicted molar refractivity (Wildman–Crippen MR) is 94.0 cm³/mol. The summed E-state index contributed by atoms with van der Waals surface area (Å²) in [4.78, 5) is 25.8. The van der Waals surface area contributed by atoms with Crippen LogP contribution in [0, 0.1) is 0 Å². The van der Waals surface area contributed by atoms with Gasteiger partial charge >= 0.3 is 0 Å². The number of amides is 2. The minimum Gasteiger partial charge on any atom is -0.394 e. The number of likely N-dealkylation sites (N-methyl/N-ethyl adjacent to an activating group) is 2. The lowest BCUT2D eigenvalue weighted by Crippen LogP contribution is -2.21. The largest absolute Gasteiger partial charge is 0.394 e. The summed E-state index contributed by atoms with van der Waals surface area (Å²) in [6.07, 6.45) is 16.3. The third kappa shape index (κ3) is 9.44. The molecule has 0 aliphatic heterocycles. The minimum absolute atomic E-state index is 0.172. The lowest BCUT2D eigenvalue weighted by atomic mass is 10.4. The maximum atomic E-state index is 11.7. The van der Waals surface area contributed by atoms with Gasteiger partial charge in [-0.2, -0.15) is 0 Å². The Kier molecular flexibility index (Phi) is 10.9. The molecule has 118 valence electrons. The van der Waals surface area contributed by atoms with Gasteiger partial charge in [0.15, 0.2) is 0 Å². The highest BCUT2D eigenvalue weighted by Gasteiger charge is 1.99. The number of carbonyl (C=O) groups excluding carboxylic acids is 2. The van der Waals surface area contributed by atoms with Crippen molar-refractivity contribution in [3.63, 3.8) is 0 Å². The summed E-state index contributed by atoms with van der Waals surface area (Å²) in [5.41, 5.74) is 1.26. The highest BCUT2D eigenvalue weighted by atomic mass is 32.1. The second-order valence-corrected chi connectivity index (χ2v) is 4.31. The van der Waals surface area contributed by atoms with Gasteiger partial charge in [0.25, 0.3) is 5.91 Å². The van der Waals surface area contributed by atoms with Crippen molar-refractivity contribution >= 4 is 29.5 Å². The summed E-state index contributed by atoms with van der Waals surface area (Å²) in [5.74, 6) is -0.400. The molecule has 0 saturated heterocycles. The van der Waals surface area contributed by atoms with Crippen LogP contribution < -0.4 is 5.32 Å². The van der Waals surface area contributed by atoms with E-state index in [-0.39, 0.29) is 11.8 Å². The first-order valence-electron chi connectivity index (χ1n) is 6.53. The van der Waals surface area contributed by atoms with Gasteiger partial charge in [0.05, 0.1) is 5.49 Å². The topological polar surface area (TPSA) is 52.7 Å². The van der Waals surface area contributed by atoms with E-state index in [0.29, 0.717) is 0 Å². The summed E-state index contributed by atoms with van der Waals surface area (Å²) < 4.78 is 0. The third-order valence-electron chi connectivity index (χ3n) is 2.35. The van der Waals surface area contributed by atoms with Crippen molar-refractivity contribution in [3.05, 3.63) is 61.0 Å². The fourth-order valence-corrected chi connectivity index (χ4v) is 1.20. The zero-order chi connectivity index (χ0) is 16.8. The SMILES string of the molecule is CN/C=C/C=C/C=C/C(=O)N(C)/C=C/C=C/C(=O)N(C)C=S. The number of carbonyl (C=O) groups is 2. The molecule has 0 rings (SSSR count). The van der Waals surface area contributed by atoms with E-state index in [1.807, 2.05) is 6.08 Å². The molecule has 0 radical (unpaired) electrons. The van der Waals surface area contributed by atoms with Gasteiger partial charge in [-0.25, -0.2) is 0 Å². The van der Waals surface area contributed by atoms with Gasteiger partial charge in [-0.1, -0.05) is 36.5 Å². The van der Waals surface area contributed by atoms with Gasteiger partial charge in [0, 0.05) is 39.5 Å². The molecule has 0 atom stereocenters. The van der Waals surface area contributed by atoms with Crippen molar-refractivity contribution in [1.29, 1.82) is 0 Å². The zero-order valence-electron chi connectivity index (χ0n) is 13.0. The van der Waals surface area contributed by atoms with Crippen LogP contribution in [0.4, 0.5) is 0 Å². The van der Waals surface area contributed by atoms with Crippen molar-refractivity contribution in [1.82, 2.24) is 15.1 Å². The van der Waals surface area contributed by atoms with Crippen LogP contribution in [0.2, 0.25) is 0 Å². The average Bonchev–Trinajstić information content (AvgIpc) is 2.53. The van der Waals surface area contributed by atoms with Crippen LogP contribution in [0.1, 0.15) is 0 Å². The van der Waals surface area contributed by atoms with E-state index in [9.17, 15) is 9.59 Å². The Morgan fingerprint density at radius 3 is 2.00 bits per heavy atom. The number of rotatable bonds is 8. The number of nitrogens with zero attached hydrogens (tertiary/aromatic N) is 2. The molecule has 0 fully saturated rings. The van der Waals surface area contributed by atoms with Crippen LogP contribution in [0.15, 0.2) is 61.0 Å². The molecular weight excluding hydrogens is 298 g/mol. The van der Waals surface area contributed by atoms with E-state index in [1.54, 1.807) is 63.9 Å². The molecule has 1 N–H and O–H groups in total. The van der Waals surface area contributed by atoms with E-state index in [2.05, 4.69) is 17.5 Å². The van der Waals surface area contributed by atoms with E-state index < -0.39 is 0 Å². The Morgan fingerprint density at radius 1 is 0.864 bits per heavy atom. The maximum Gasteiger partial charge on any atom is 0.250 e. The van der Waals surface area contributed by atoms with Crippen LogP contribution in [0.25, 0.3) is 0 Å². The summed E-state index contributed by atoms with van der Waals surface area (Å²) in [7, 11) is 5.01. The van der Waals surface area contributed by atoms with Crippen molar-refractivity contribution in [2.24, 2.45) is 0 Å².